The number of ether oxygens (including phenoxy) is 1. The third-order valence-electron chi connectivity index (χ3n) is 3.81. The highest BCUT2D eigenvalue weighted by Crippen LogP contribution is 2.38. The molecule has 2 heterocycles. The molecule has 5 nitrogen and oxygen atoms in total. The number of aryl methyl sites for hydroxylation is 1. The summed E-state index contributed by atoms with van der Waals surface area (Å²) < 4.78 is 10.9. The van der Waals surface area contributed by atoms with Gasteiger partial charge in [0.2, 0.25) is 0 Å². The van der Waals surface area contributed by atoms with Crippen LogP contribution in [0.5, 0.6) is 5.75 Å². The van der Waals surface area contributed by atoms with Crippen LogP contribution >= 0.6 is 0 Å². The van der Waals surface area contributed by atoms with E-state index in [-0.39, 0.29) is 12.5 Å². The average molecular weight is 306 g/mol. The second-order valence-corrected chi connectivity index (χ2v) is 5.38. The molecule has 2 aromatic carbocycles. The van der Waals surface area contributed by atoms with Crippen LogP contribution in [-0.4, -0.2) is 17.7 Å². The highest BCUT2D eigenvalue weighted by molar-refractivity contribution is 5.96. The molecule has 4 rings (SSSR count). The second-order valence-electron chi connectivity index (χ2n) is 5.38. The summed E-state index contributed by atoms with van der Waals surface area (Å²) in [5, 5.41) is 6.99. The summed E-state index contributed by atoms with van der Waals surface area (Å²) in [6.07, 6.45) is 0. The van der Waals surface area contributed by atoms with Gasteiger partial charge in [0, 0.05) is 5.56 Å². The van der Waals surface area contributed by atoms with E-state index in [1.54, 1.807) is 0 Å². The molecule has 0 aliphatic carbocycles. The van der Waals surface area contributed by atoms with Gasteiger partial charge in [-0.25, -0.2) is 0 Å². The van der Waals surface area contributed by atoms with E-state index in [9.17, 15) is 4.79 Å². The molecular weight excluding hydrogens is 292 g/mol. The van der Waals surface area contributed by atoms with Crippen LogP contribution in [0.3, 0.4) is 0 Å². The lowest BCUT2D eigenvalue weighted by Crippen LogP contribution is -2.25. The summed E-state index contributed by atoms with van der Waals surface area (Å²) in [5.74, 6) is 1.25. The van der Waals surface area contributed by atoms with Gasteiger partial charge < -0.3 is 14.6 Å². The van der Waals surface area contributed by atoms with E-state index >= 15 is 0 Å². The summed E-state index contributed by atoms with van der Waals surface area (Å²) >= 11 is 0. The SMILES string of the molecule is Cc1onc(-c2ccccc2)c1-c1ccc2c(c1)OCC(=O)N2. The van der Waals surface area contributed by atoms with Gasteiger partial charge in [-0.15, -0.1) is 0 Å². The van der Waals surface area contributed by atoms with Gasteiger partial charge in [0.05, 0.1) is 11.3 Å². The van der Waals surface area contributed by atoms with Crippen LogP contribution in [0.4, 0.5) is 5.69 Å². The third-order valence-corrected chi connectivity index (χ3v) is 3.81. The van der Waals surface area contributed by atoms with Gasteiger partial charge in [0.25, 0.3) is 5.91 Å². The first-order valence-corrected chi connectivity index (χ1v) is 7.31. The Morgan fingerprint density at radius 3 is 2.74 bits per heavy atom. The predicted molar refractivity (Wildman–Crippen MR) is 86.2 cm³/mol. The number of benzene rings is 2. The first-order valence-electron chi connectivity index (χ1n) is 7.31. The lowest BCUT2D eigenvalue weighted by Gasteiger charge is -2.18. The number of carbonyl (C=O) groups is 1. The Morgan fingerprint density at radius 1 is 1.09 bits per heavy atom. The second kappa shape index (κ2) is 5.28. The zero-order valence-electron chi connectivity index (χ0n) is 12.5. The molecule has 0 spiro atoms. The Balaban J connectivity index is 1.83. The van der Waals surface area contributed by atoms with Gasteiger partial charge in [0.15, 0.2) is 6.61 Å². The first-order chi connectivity index (χ1) is 11.2. The molecule has 1 aliphatic rings. The van der Waals surface area contributed by atoms with Crippen LogP contribution in [0.15, 0.2) is 53.1 Å². The Bertz CT molecular complexity index is 885. The number of fused-ring (bicyclic) bond motifs is 1. The van der Waals surface area contributed by atoms with Crippen molar-refractivity contribution in [3.05, 3.63) is 54.3 Å². The molecule has 1 aromatic heterocycles. The van der Waals surface area contributed by atoms with Crippen molar-refractivity contribution in [1.29, 1.82) is 0 Å². The summed E-state index contributed by atoms with van der Waals surface area (Å²) in [7, 11) is 0. The zero-order chi connectivity index (χ0) is 15.8. The lowest BCUT2D eigenvalue weighted by atomic mass is 9.99. The van der Waals surface area contributed by atoms with Crippen molar-refractivity contribution >= 4 is 11.6 Å². The highest BCUT2D eigenvalue weighted by atomic mass is 16.5. The molecule has 0 fully saturated rings. The molecule has 114 valence electrons. The van der Waals surface area contributed by atoms with E-state index in [4.69, 9.17) is 9.26 Å². The van der Waals surface area contributed by atoms with Gasteiger partial charge in [-0.2, -0.15) is 0 Å². The maximum Gasteiger partial charge on any atom is 0.262 e. The molecule has 1 N–H and O–H groups in total. The fraction of sp³-hybridized carbons (Fsp3) is 0.111. The number of rotatable bonds is 2. The third kappa shape index (κ3) is 2.36. The lowest BCUT2D eigenvalue weighted by molar-refractivity contribution is -0.118. The highest BCUT2D eigenvalue weighted by Gasteiger charge is 2.20. The maximum atomic E-state index is 11.4. The Hall–Kier alpha value is -3.08. The van der Waals surface area contributed by atoms with E-state index in [1.165, 1.54) is 0 Å². The molecular formula is C18H14N2O3. The van der Waals surface area contributed by atoms with Crippen LogP contribution in [0, 0.1) is 6.92 Å². The van der Waals surface area contributed by atoms with Crippen LogP contribution in [0.2, 0.25) is 0 Å². The average Bonchev–Trinajstić information content (AvgIpc) is 2.97. The molecule has 0 saturated carbocycles. The van der Waals surface area contributed by atoms with Gasteiger partial charge in [-0.3, -0.25) is 4.79 Å². The molecule has 0 unspecified atom stereocenters. The summed E-state index contributed by atoms with van der Waals surface area (Å²) in [4.78, 5) is 11.4. The molecule has 0 atom stereocenters. The minimum atomic E-state index is -0.142. The molecule has 0 radical (unpaired) electrons. The van der Waals surface area contributed by atoms with Crippen molar-refractivity contribution in [2.24, 2.45) is 0 Å². The number of carbonyl (C=O) groups excluding carboxylic acids is 1. The summed E-state index contributed by atoms with van der Waals surface area (Å²) in [6, 6.07) is 15.6. The predicted octanol–water partition coefficient (Wildman–Crippen LogP) is 3.65. The number of hydrogen-bond acceptors (Lipinski definition) is 4. The van der Waals surface area contributed by atoms with E-state index in [1.807, 2.05) is 55.5 Å². The van der Waals surface area contributed by atoms with Crippen molar-refractivity contribution < 1.29 is 14.1 Å². The number of hydrogen-bond donors (Lipinski definition) is 1. The number of anilines is 1. The Morgan fingerprint density at radius 2 is 1.91 bits per heavy atom. The van der Waals surface area contributed by atoms with Crippen LogP contribution in [-0.2, 0) is 4.79 Å². The van der Waals surface area contributed by atoms with E-state index in [0.29, 0.717) is 11.4 Å². The molecule has 5 heteroatoms. The largest absolute Gasteiger partial charge is 0.482 e. The number of nitrogens with zero attached hydrogens (tertiary/aromatic N) is 1. The smallest absolute Gasteiger partial charge is 0.262 e. The van der Waals surface area contributed by atoms with Crippen molar-refractivity contribution in [3.8, 4) is 28.1 Å². The quantitative estimate of drug-likeness (QED) is 0.785. The van der Waals surface area contributed by atoms with Gasteiger partial charge >= 0.3 is 0 Å². The van der Waals surface area contributed by atoms with E-state index in [0.717, 1.165) is 28.1 Å². The Labute approximate surface area is 132 Å². The van der Waals surface area contributed by atoms with Crippen molar-refractivity contribution in [2.45, 2.75) is 6.92 Å². The van der Waals surface area contributed by atoms with Crippen molar-refractivity contribution in [2.75, 3.05) is 11.9 Å². The van der Waals surface area contributed by atoms with Crippen molar-refractivity contribution in [3.63, 3.8) is 0 Å². The number of nitrogens with one attached hydrogen (secondary N) is 1. The fourth-order valence-corrected chi connectivity index (χ4v) is 2.74. The fourth-order valence-electron chi connectivity index (χ4n) is 2.74. The van der Waals surface area contributed by atoms with E-state index in [2.05, 4.69) is 10.5 Å². The van der Waals surface area contributed by atoms with Crippen LogP contribution in [0.1, 0.15) is 5.76 Å². The Kier molecular flexibility index (Phi) is 3.12. The minimum Gasteiger partial charge on any atom is -0.482 e. The molecule has 1 amide bonds. The zero-order valence-corrected chi connectivity index (χ0v) is 12.5. The van der Waals surface area contributed by atoms with Crippen LogP contribution in [0.25, 0.3) is 22.4 Å². The normalized spacial score (nSPS) is 13.2. The maximum absolute atomic E-state index is 11.4. The van der Waals surface area contributed by atoms with Gasteiger partial charge in [0.1, 0.15) is 17.2 Å². The molecule has 0 bridgehead atoms. The van der Waals surface area contributed by atoms with Crippen molar-refractivity contribution in [1.82, 2.24) is 5.16 Å². The van der Waals surface area contributed by atoms with Crippen LogP contribution < -0.4 is 10.1 Å². The molecule has 0 saturated heterocycles. The number of aromatic nitrogens is 1. The molecule has 3 aromatic rings. The monoisotopic (exact) mass is 306 g/mol. The first kappa shape index (κ1) is 13.6. The van der Waals surface area contributed by atoms with E-state index < -0.39 is 0 Å². The van der Waals surface area contributed by atoms with Gasteiger partial charge in [-0.1, -0.05) is 41.6 Å². The topological polar surface area (TPSA) is 64.4 Å². The summed E-state index contributed by atoms with van der Waals surface area (Å²) in [5.41, 5.74) is 4.34. The molecule has 1 aliphatic heterocycles. The number of amides is 1. The standard InChI is InChI=1S/C18H14N2O3/c1-11-17(18(20-23-11)12-5-3-2-4-6-12)13-7-8-14-15(9-13)22-10-16(21)19-14/h2-9H,10H2,1H3,(H,19,21). The summed E-state index contributed by atoms with van der Waals surface area (Å²) in [6.45, 7) is 1.92. The minimum absolute atomic E-state index is 0.0324. The molecule has 23 heavy (non-hydrogen) atoms. The van der Waals surface area contributed by atoms with Gasteiger partial charge in [-0.05, 0) is 24.6 Å².